The molecule has 0 saturated carbocycles. The molecular formula is C16H11F3N2O. The van der Waals surface area contributed by atoms with E-state index in [0.29, 0.717) is 29.0 Å². The second-order valence-electron chi connectivity index (χ2n) is 5.15. The molecule has 1 aliphatic heterocycles. The van der Waals surface area contributed by atoms with Crippen LogP contribution in [-0.4, -0.2) is 4.98 Å². The van der Waals surface area contributed by atoms with Crippen LogP contribution in [0.4, 0.5) is 13.2 Å². The van der Waals surface area contributed by atoms with Crippen LogP contribution in [-0.2, 0) is 12.6 Å². The summed E-state index contributed by atoms with van der Waals surface area (Å²) in [6, 6.07) is 9.10. The fraction of sp³-hybridized carbons (Fsp3) is 0.250. The van der Waals surface area contributed by atoms with Crippen LogP contribution in [0.15, 0.2) is 30.3 Å². The topological polar surface area (TPSA) is 45.9 Å². The number of aromatic nitrogens is 1. The first kappa shape index (κ1) is 14.4. The molecule has 22 heavy (non-hydrogen) atoms. The highest BCUT2D eigenvalue weighted by Gasteiger charge is 2.35. The number of hydrogen-bond acceptors (Lipinski definition) is 3. The molecule has 1 unspecified atom stereocenters. The van der Waals surface area contributed by atoms with Crippen LogP contribution < -0.4 is 4.74 Å². The molecule has 0 saturated heterocycles. The number of aryl methyl sites for hydroxylation is 1. The maximum Gasteiger partial charge on any atom is 0.416 e. The van der Waals surface area contributed by atoms with Gasteiger partial charge in [-0.15, -0.1) is 0 Å². The van der Waals surface area contributed by atoms with Crippen molar-refractivity contribution in [2.45, 2.75) is 25.6 Å². The van der Waals surface area contributed by atoms with Crippen molar-refractivity contribution in [3.05, 3.63) is 58.4 Å². The molecule has 6 heteroatoms. The number of alkyl halides is 3. The first-order valence-corrected chi connectivity index (χ1v) is 6.63. The first-order chi connectivity index (χ1) is 10.4. The van der Waals surface area contributed by atoms with Crippen molar-refractivity contribution in [3.63, 3.8) is 0 Å². The molecule has 112 valence electrons. The lowest BCUT2D eigenvalue weighted by atomic mass is 10.0. The second-order valence-corrected chi connectivity index (χ2v) is 5.15. The number of nitrogens with zero attached hydrogens (tertiary/aromatic N) is 2. The number of ether oxygens (including phenoxy) is 1. The monoisotopic (exact) mass is 304 g/mol. The third-order valence-electron chi connectivity index (χ3n) is 3.56. The van der Waals surface area contributed by atoms with E-state index in [-0.39, 0.29) is 5.69 Å². The van der Waals surface area contributed by atoms with E-state index in [1.54, 1.807) is 25.1 Å². The minimum Gasteiger partial charge on any atom is -0.483 e. The van der Waals surface area contributed by atoms with Crippen molar-refractivity contribution < 1.29 is 17.9 Å². The standard InChI is InChI=1S/C16H11F3N2O/c1-9-5-11(16(17,18)19)6-10-7-14(22-15(9)10)13-4-2-3-12(8-20)21-13/h2-6,14H,7H2,1H3. The van der Waals surface area contributed by atoms with Gasteiger partial charge in [-0.05, 0) is 42.3 Å². The van der Waals surface area contributed by atoms with E-state index in [9.17, 15) is 13.2 Å². The van der Waals surface area contributed by atoms with Gasteiger partial charge in [0.2, 0.25) is 0 Å². The minimum absolute atomic E-state index is 0.254. The van der Waals surface area contributed by atoms with Crippen LogP contribution in [0, 0.1) is 18.3 Å². The number of nitriles is 1. The largest absolute Gasteiger partial charge is 0.483 e. The quantitative estimate of drug-likeness (QED) is 0.801. The van der Waals surface area contributed by atoms with Gasteiger partial charge in [0.1, 0.15) is 23.6 Å². The predicted octanol–water partition coefficient (Wildman–Crippen LogP) is 3.96. The van der Waals surface area contributed by atoms with Gasteiger partial charge in [0.25, 0.3) is 0 Å². The van der Waals surface area contributed by atoms with Crippen molar-refractivity contribution in [1.29, 1.82) is 5.26 Å². The van der Waals surface area contributed by atoms with E-state index in [4.69, 9.17) is 10.00 Å². The Hall–Kier alpha value is -2.55. The van der Waals surface area contributed by atoms with Crippen molar-refractivity contribution in [2.75, 3.05) is 0 Å². The Labute approximate surface area is 125 Å². The number of pyridine rings is 1. The van der Waals surface area contributed by atoms with Crippen molar-refractivity contribution in [2.24, 2.45) is 0 Å². The summed E-state index contributed by atoms with van der Waals surface area (Å²) in [6.07, 6.45) is -4.54. The molecule has 1 aromatic heterocycles. The van der Waals surface area contributed by atoms with Crippen LogP contribution in [0.1, 0.15) is 34.2 Å². The summed E-state index contributed by atoms with van der Waals surface area (Å²) in [6.45, 7) is 1.59. The Morgan fingerprint density at radius 1 is 1.32 bits per heavy atom. The third kappa shape index (κ3) is 2.50. The lowest BCUT2D eigenvalue weighted by molar-refractivity contribution is -0.137. The Bertz CT molecular complexity index is 778. The molecule has 2 heterocycles. The average molecular weight is 304 g/mol. The summed E-state index contributed by atoms with van der Waals surface area (Å²) < 4.78 is 44.3. The van der Waals surface area contributed by atoms with Crippen LogP contribution in [0.3, 0.4) is 0 Å². The smallest absolute Gasteiger partial charge is 0.416 e. The van der Waals surface area contributed by atoms with Gasteiger partial charge in [0.15, 0.2) is 0 Å². The fourth-order valence-electron chi connectivity index (χ4n) is 2.57. The summed E-state index contributed by atoms with van der Waals surface area (Å²) in [4.78, 5) is 4.15. The van der Waals surface area contributed by atoms with E-state index < -0.39 is 17.8 Å². The van der Waals surface area contributed by atoms with E-state index in [2.05, 4.69) is 4.98 Å². The molecule has 0 bridgehead atoms. The third-order valence-corrected chi connectivity index (χ3v) is 3.56. The van der Waals surface area contributed by atoms with Crippen LogP contribution in [0.25, 0.3) is 0 Å². The van der Waals surface area contributed by atoms with E-state index in [0.717, 1.165) is 12.1 Å². The molecule has 0 fully saturated rings. The zero-order valence-electron chi connectivity index (χ0n) is 11.6. The predicted molar refractivity (Wildman–Crippen MR) is 72.2 cm³/mol. The lowest BCUT2D eigenvalue weighted by Crippen LogP contribution is -2.06. The summed E-state index contributed by atoms with van der Waals surface area (Å²) in [7, 11) is 0. The van der Waals surface area contributed by atoms with Gasteiger partial charge in [-0.1, -0.05) is 6.07 Å². The molecule has 0 aliphatic carbocycles. The zero-order valence-corrected chi connectivity index (χ0v) is 11.6. The van der Waals surface area contributed by atoms with Gasteiger partial charge in [-0.25, -0.2) is 4.98 Å². The molecule has 3 rings (SSSR count). The number of benzene rings is 1. The molecule has 0 N–H and O–H groups in total. The zero-order chi connectivity index (χ0) is 15.9. The average Bonchev–Trinajstić information content (AvgIpc) is 2.91. The van der Waals surface area contributed by atoms with Gasteiger partial charge >= 0.3 is 6.18 Å². The Morgan fingerprint density at radius 2 is 2.09 bits per heavy atom. The SMILES string of the molecule is Cc1cc(C(F)(F)F)cc2c1OC(c1cccc(C#N)n1)C2. The highest BCUT2D eigenvalue weighted by atomic mass is 19.4. The van der Waals surface area contributed by atoms with Crippen molar-refractivity contribution in [3.8, 4) is 11.8 Å². The van der Waals surface area contributed by atoms with Crippen molar-refractivity contribution in [1.82, 2.24) is 4.98 Å². The molecular weight excluding hydrogens is 293 g/mol. The summed E-state index contributed by atoms with van der Waals surface area (Å²) in [5, 5.41) is 8.87. The molecule has 1 aromatic carbocycles. The van der Waals surface area contributed by atoms with Gasteiger partial charge in [0.05, 0.1) is 11.3 Å². The Morgan fingerprint density at radius 3 is 2.77 bits per heavy atom. The molecule has 1 aliphatic rings. The Kier molecular flexibility index (Phi) is 3.28. The van der Waals surface area contributed by atoms with Gasteiger partial charge in [0, 0.05) is 6.42 Å². The van der Waals surface area contributed by atoms with Crippen LogP contribution in [0.2, 0.25) is 0 Å². The number of halogens is 3. The highest BCUT2D eigenvalue weighted by molar-refractivity contribution is 5.48. The van der Waals surface area contributed by atoms with Crippen LogP contribution in [0.5, 0.6) is 5.75 Å². The van der Waals surface area contributed by atoms with Gasteiger partial charge in [-0.2, -0.15) is 18.4 Å². The Balaban J connectivity index is 1.96. The number of hydrogen-bond donors (Lipinski definition) is 0. The van der Waals surface area contributed by atoms with Crippen LogP contribution >= 0.6 is 0 Å². The normalized spacial score (nSPS) is 16.8. The molecule has 1 atom stereocenters. The van der Waals surface area contributed by atoms with Crippen molar-refractivity contribution >= 4 is 0 Å². The summed E-state index contributed by atoms with van der Waals surface area (Å²) in [5.41, 5.74) is 1.09. The van der Waals surface area contributed by atoms with E-state index >= 15 is 0 Å². The number of fused-ring (bicyclic) bond motifs is 1. The summed E-state index contributed by atoms with van der Waals surface area (Å²) >= 11 is 0. The van der Waals surface area contributed by atoms with E-state index in [1.165, 1.54) is 0 Å². The second kappa shape index (κ2) is 5.02. The first-order valence-electron chi connectivity index (χ1n) is 6.63. The van der Waals surface area contributed by atoms with E-state index in [1.807, 2.05) is 6.07 Å². The maximum atomic E-state index is 12.9. The van der Waals surface area contributed by atoms with Gasteiger partial charge in [-0.3, -0.25) is 0 Å². The lowest BCUT2D eigenvalue weighted by Gasteiger charge is -2.12. The summed E-state index contributed by atoms with van der Waals surface area (Å²) in [5.74, 6) is 0.474. The number of rotatable bonds is 1. The highest BCUT2D eigenvalue weighted by Crippen LogP contribution is 2.42. The molecule has 2 aromatic rings. The molecule has 3 nitrogen and oxygen atoms in total. The molecule has 0 amide bonds. The fourth-order valence-corrected chi connectivity index (χ4v) is 2.57. The minimum atomic E-state index is -4.38. The van der Waals surface area contributed by atoms with Gasteiger partial charge < -0.3 is 4.74 Å². The maximum absolute atomic E-state index is 12.9. The molecule has 0 spiro atoms. The molecule has 0 radical (unpaired) electrons.